The van der Waals surface area contributed by atoms with Crippen molar-refractivity contribution in [2.75, 3.05) is 0 Å². The van der Waals surface area contributed by atoms with Crippen molar-refractivity contribution in [1.29, 1.82) is 0 Å². The lowest BCUT2D eigenvalue weighted by Gasteiger charge is -2.13. The molecule has 1 amide bonds. The summed E-state index contributed by atoms with van der Waals surface area (Å²) in [5.41, 5.74) is -0.584. The smallest absolute Gasteiger partial charge is 0.280 e. The van der Waals surface area contributed by atoms with E-state index in [-0.39, 0.29) is 46.0 Å². The second-order valence-corrected chi connectivity index (χ2v) is 7.43. The summed E-state index contributed by atoms with van der Waals surface area (Å²) in [6.07, 6.45) is -1.58. The molecule has 2 N–H and O–H groups in total. The summed E-state index contributed by atoms with van der Waals surface area (Å²) >= 11 is 6.17. The van der Waals surface area contributed by atoms with Gasteiger partial charge in [0.2, 0.25) is 5.91 Å². The van der Waals surface area contributed by atoms with Crippen molar-refractivity contribution in [3.05, 3.63) is 69.0 Å². The van der Waals surface area contributed by atoms with Crippen LogP contribution in [0.2, 0.25) is 5.02 Å². The number of benzene rings is 1. The van der Waals surface area contributed by atoms with Gasteiger partial charge in [0, 0.05) is 35.9 Å². The van der Waals surface area contributed by atoms with E-state index >= 15 is 4.39 Å². The van der Waals surface area contributed by atoms with Crippen molar-refractivity contribution in [2.45, 2.75) is 26.8 Å². The number of halogens is 4. The van der Waals surface area contributed by atoms with Gasteiger partial charge in [-0.15, -0.1) is 0 Å². The van der Waals surface area contributed by atoms with Crippen LogP contribution in [0.1, 0.15) is 31.5 Å². The van der Waals surface area contributed by atoms with Crippen LogP contribution in [0.5, 0.6) is 0 Å². The Balaban J connectivity index is 2.02. The van der Waals surface area contributed by atoms with Crippen LogP contribution in [-0.2, 0) is 11.3 Å². The third-order valence-electron chi connectivity index (χ3n) is 4.43. The maximum Gasteiger partial charge on any atom is 0.280 e. The average Bonchev–Trinajstić information content (AvgIpc) is 2.72. The van der Waals surface area contributed by atoms with Crippen LogP contribution in [-0.4, -0.2) is 20.9 Å². The first kappa shape index (κ1) is 22.5. The Bertz CT molecular complexity index is 1160. The number of carbonyl (C=O) groups excluding carboxylic acids is 1. The van der Waals surface area contributed by atoms with E-state index < -0.39 is 23.5 Å². The molecule has 0 radical (unpaired) electrons. The molecule has 0 atom stereocenters. The molecule has 6 nitrogen and oxygen atoms in total. The van der Waals surface area contributed by atoms with Gasteiger partial charge in [-0.25, -0.2) is 18.2 Å². The molecule has 3 rings (SSSR count). The molecule has 0 bridgehead atoms. The number of hydrogen-bond donors (Lipinski definition) is 2. The van der Waals surface area contributed by atoms with Gasteiger partial charge in [-0.3, -0.25) is 14.6 Å². The Morgan fingerprint density at radius 2 is 1.97 bits per heavy atom. The summed E-state index contributed by atoms with van der Waals surface area (Å²) < 4.78 is 40.6. The van der Waals surface area contributed by atoms with E-state index in [9.17, 15) is 18.4 Å². The second-order valence-electron chi connectivity index (χ2n) is 7.02. The van der Waals surface area contributed by atoms with Crippen LogP contribution in [0, 0.1) is 11.7 Å². The number of hydrogen-bond acceptors (Lipinski definition) is 4. The number of pyridine rings is 1. The lowest BCUT2D eigenvalue weighted by Crippen LogP contribution is -2.27. The van der Waals surface area contributed by atoms with Gasteiger partial charge in [0.05, 0.1) is 16.3 Å². The third kappa shape index (κ3) is 5.11. The first-order valence-corrected chi connectivity index (χ1v) is 9.66. The summed E-state index contributed by atoms with van der Waals surface area (Å²) in [7, 11) is 0. The van der Waals surface area contributed by atoms with Crippen molar-refractivity contribution in [3.63, 3.8) is 0 Å². The minimum absolute atomic E-state index is 0.00269. The minimum Gasteiger partial charge on any atom is -0.352 e. The monoisotopic (exact) mass is 450 g/mol. The molecule has 0 aliphatic heterocycles. The fraction of sp³-hybridized carbons (Fsp3) is 0.238. The van der Waals surface area contributed by atoms with Gasteiger partial charge in [-0.05, 0) is 18.2 Å². The average molecular weight is 451 g/mol. The summed E-state index contributed by atoms with van der Waals surface area (Å²) in [4.78, 5) is 34.3. The first-order chi connectivity index (χ1) is 14.7. The number of alkyl halides is 2. The highest BCUT2D eigenvalue weighted by molar-refractivity contribution is 6.33. The van der Waals surface area contributed by atoms with Gasteiger partial charge >= 0.3 is 0 Å². The summed E-state index contributed by atoms with van der Waals surface area (Å²) in [6, 6.07) is 6.46. The zero-order chi connectivity index (χ0) is 22.7. The fourth-order valence-corrected chi connectivity index (χ4v) is 2.98. The van der Waals surface area contributed by atoms with Crippen molar-refractivity contribution in [3.8, 4) is 22.6 Å². The van der Waals surface area contributed by atoms with Gasteiger partial charge in [0.25, 0.3) is 12.0 Å². The van der Waals surface area contributed by atoms with Gasteiger partial charge < -0.3 is 10.3 Å². The summed E-state index contributed by atoms with van der Waals surface area (Å²) in [6.45, 7) is 3.35. The van der Waals surface area contributed by atoms with Gasteiger partial charge in [-0.1, -0.05) is 31.5 Å². The Morgan fingerprint density at radius 3 is 2.58 bits per heavy atom. The molecule has 0 fully saturated rings. The first-order valence-electron chi connectivity index (χ1n) is 9.28. The lowest BCUT2D eigenvalue weighted by atomic mass is 10.1. The molecule has 2 heterocycles. The maximum atomic E-state index is 15.2. The van der Waals surface area contributed by atoms with E-state index in [0.29, 0.717) is 5.56 Å². The maximum absolute atomic E-state index is 15.2. The van der Waals surface area contributed by atoms with E-state index in [2.05, 4.69) is 20.3 Å². The molecule has 31 heavy (non-hydrogen) atoms. The van der Waals surface area contributed by atoms with Crippen molar-refractivity contribution in [2.24, 2.45) is 5.92 Å². The Hall–Kier alpha value is -3.20. The Labute approximate surface area is 180 Å². The second kappa shape index (κ2) is 9.30. The number of nitrogens with one attached hydrogen (secondary N) is 2. The van der Waals surface area contributed by atoms with Gasteiger partial charge in [0.15, 0.2) is 0 Å². The van der Waals surface area contributed by atoms with Crippen LogP contribution < -0.4 is 10.9 Å². The minimum atomic E-state index is -2.73. The highest BCUT2D eigenvalue weighted by atomic mass is 35.5. The van der Waals surface area contributed by atoms with Gasteiger partial charge in [0.1, 0.15) is 17.3 Å². The number of amides is 1. The molecule has 1 aromatic carbocycles. The lowest BCUT2D eigenvalue weighted by molar-refractivity contribution is -0.124. The molecule has 10 heteroatoms. The standard InChI is InChI=1S/C21H18ClF3N4O2/c1-10(2)21(31)27-9-12-3-5-13(22)17(18(12)23)20-28-15(7-16(30)29-20)11-4-6-14(19(24)25)26-8-11/h3-8,10,19H,9H2,1-2H3,(H,27,31)(H,28,29,30). The zero-order valence-electron chi connectivity index (χ0n) is 16.5. The molecule has 0 saturated carbocycles. The van der Waals surface area contributed by atoms with Crippen LogP contribution in [0.15, 0.2) is 41.3 Å². The highest BCUT2D eigenvalue weighted by Gasteiger charge is 2.19. The zero-order valence-corrected chi connectivity index (χ0v) is 17.3. The van der Waals surface area contributed by atoms with E-state index in [1.54, 1.807) is 13.8 Å². The molecule has 0 unspecified atom stereocenters. The Morgan fingerprint density at radius 1 is 1.23 bits per heavy atom. The molecule has 0 aliphatic carbocycles. The molecule has 0 aliphatic rings. The molecular formula is C21H18ClF3N4O2. The SMILES string of the molecule is CC(C)C(=O)NCc1ccc(Cl)c(-c2nc(-c3ccc(C(F)F)nc3)cc(=O)[nH]2)c1F. The van der Waals surface area contributed by atoms with Crippen LogP contribution in [0.4, 0.5) is 13.2 Å². The predicted molar refractivity (Wildman–Crippen MR) is 110 cm³/mol. The normalized spacial score (nSPS) is 11.2. The molecule has 3 aromatic rings. The predicted octanol–water partition coefficient (Wildman–Crippen LogP) is 4.50. The van der Waals surface area contributed by atoms with E-state index in [1.807, 2.05) is 0 Å². The quantitative estimate of drug-likeness (QED) is 0.578. The van der Waals surface area contributed by atoms with Crippen molar-refractivity contribution >= 4 is 17.5 Å². The van der Waals surface area contributed by atoms with Crippen molar-refractivity contribution in [1.82, 2.24) is 20.3 Å². The number of H-pyrrole nitrogens is 1. The Kier molecular flexibility index (Phi) is 6.74. The largest absolute Gasteiger partial charge is 0.352 e. The molecule has 162 valence electrons. The number of carbonyl (C=O) groups is 1. The third-order valence-corrected chi connectivity index (χ3v) is 4.75. The summed E-state index contributed by atoms with van der Waals surface area (Å²) in [5.74, 6) is -1.40. The number of rotatable bonds is 6. The number of nitrogens with zero attached hydrogens (tertiary/aromatic N) is 2. The molecule has 2 aromatic heterocycles. The fourth-order valence-electron chi connectivity index (χ4n) is 2.75. The topological polar surface area (TPSA) is 87.7 Å². The van der Waals surface area contributed by atoms with E-state index in [1.165, 1.54) is 18.2 Å². The van der Waals surface area contributed by atoms with Crippen molar-refractivity contribution < 1.29 is 18.0 Å². The van der Waals surface area contributed by atoms with Crippen LogP contribution >= 0.6 is 11.6 Å². The summed E-state index contributed by atoms with van der Waals surface area (Å²) in [5, 5.41) is 2.62. The number of aromatic nitrogens is 3. The molecule has 0 spiro atoms. The van der Waals surface area contributed by atoms with Crippen LogP contribution in [0.3, 0.4) is 0 Å². The van der Waals surface area contributed by atoms with Crippen LogP contribution in [0.25, 0.3) is 22.6 Å². The van der Waals surface area contributed by atoms with E-state index in [4.69, 9.17) is 11.6 Å². The van der Waals surface area contributed by atoms with Gasteiger partial charge in [-0.2, -0.15) is 0 Å². The molecular weight excluding hydrogens is 433 g/mol. The number of aromatic amines is 1. The molecule has 0 saturated heterocycles. The van der Waals surface area contributed by atoms with E-state index in [0.717, 1.165) is 18.3 Å². The highest BCUT2D eigenvalue weighted by Crippen LogP contribution is 2.31.